The van der Waals surface area contributed by atoms with Gasteiger partial charge in [-0.15, -0.1) is 0 Å². The number of nitrogens with one attached hydrogen (secondary N) is 1. The Morgan fingerprint density at radius 2 is 1.77 bits per heavy atom. The van der Waals surface area contributed by atoms with Crippen LogP contribution in [-0.2, 0) is 10.2 Å². The van der Waals surface area contributed by atoms with E-state index in [9.17, 15) is 4.79 Å². The van der Waals surface area contributed by atoms with Gasteiger partial charge in [0.25, 0.3) is 5.91 Å². The Morgan fingerprint density at radius 3 is 2.43 bits per heavy atom. The van der Waals surface area contributed by atoms with Crippen LogP contribution in [0.4, 0.5) is 0 Å². The SMILES string of the molecule is COc1ccc(C=NNC(=O)COc2ccc(C(C)(C)C)cc2Br)c2ccccc12. The van der Waals surface area contributed by atoms with Crippen LogP contribution in [0.15, 0.2) is 64.2 Å². The molecule has 0 aromatic heterocycles. The quantitative estimate of drug-likeness (QED) is 0.387. The van der Waals surface area contributed by atoms with Gasteiger partial charge in [0.15, 0.2) is 6.61 Å². The highest BCUT2D eigenvalue weighted by Crippen LogP contribution is 2.31. The van der Waals surface area contributed by atoms with Gasteiger partial charge in [0, 0.05) is 10.9 Å². The molecule has 3 aromatic carbocycles. The van der Waals surface area contributed by atoms with Crippen molar-refractivity contribution >= 4 is 38.8 Å². The van der Waals surface area contributed by atoms with Gasteiger partial charge in [0.1, 0.15) is 11.5 Å². The van der Waals surface area contributed by atoms with Crippen LogP contribution in [0, 0.1) is 0 Å². The summed E-state index contributed by atoms with van der Waals surface area (Å²) in [5, 5.41) is 6.05. The maximum Gasteiger partial charge on any atom is 0.277 e. The number of hydrogen-bond donors (Lipinski definition) is 1. The largest absolute Gasteiger partial charge is 0.496 e. The highest BCUT2D eigenvalue weighted by Gasteiger charge is 2.15. The van der Waals surface area contributed by atoms with Gasteiger partial charge < -0.3 is 9.47 Å². The van der Waals surface area contributed by atoms with Crippen molar-refractivity contribution in [3.63, 3.8) is 0 Å². The third kappa shape index (κ3) is 5.19. The lowest BCUT2D eigenvalue weighted by Gasteiger charge is -2.20. The van der Waals surface area contributed by atoms with Crippen molar-refractivity contribution in [3.05, 3.63) is 70.2 Å². The molecule has 0 atom stereocenters. The molecule has 0 radical (unpaired) electrons. The lowest BCUT2D eigenvalue weighted by atomic mass is 9.87. The first-order valence-electron chi connectivity index (χ1n) is 9.60. The smallest absolute Gasteiger partial charge is 0.277 e. The Labute approximate surface area is 185 Å². The molecule has 0 saturated carbocycles. The third-order valence-electron chi connectivity index (χ3n) is 4.69. The van der Waals surface area contributed by atoms with Crippen molar-refractivity contribution in [2.45, 2.75) is 26.2 Å². The molecule has 30 heavy (non-hydrogen) atoms. The van der Waals surface area contributed by atoms with Gasteiger partial charge in [-0.2, -0.15) is 5.10 Å². The van der Waals surface area contributed by atoms with Crippen molar-refractivity contribution in [3.8, 4) is 11.5 Å². The summed E-state index contributed by atoms with van der Waals surface area (Å²) in [5.74, 6) is 1.07. The number of methoxy groups -OCH3 is 1. The van der Waals surface area contributed by atoms with E-state index >= 15 is 0 Å². The topological polar surface area (TPSA) is 59.9 Å². The first-order valence-corrected chi connectivity index (χ1v) is 10.4. The molecule has 0 saturated heterocycles. The van der Waals surface area contributed by atoms with Gasteiger partial charge in [0.05, 0.1) is 17.8 Å². The lowest BCUT2D eigenvalue weighted by Crippen LogP contribution is -2.24. The number of halogens is 1. The fraction of sp³-hybridized carbons (Fsp3) is 0.250. The van der Waals surface area contributed by atoms with Crippen LogP contribution in [0.1, 0.15) is 31.9 Å². The standard InChI is InChI=1S/C24H25BrN2O3/c1-24(2,3)17-10-12-22(20(25)13-17)30-15-23(28)27-26-14-16-9-11-21(29-4)19-8-6-5-7-18(16)19/h5-14H,15H2,1-4H3,(H,27,28). The summed E-state index contributed by atoms with van der Waals surface area (Å²) in [6.45, 7) is 6.31. The maximum atomic E-state index is 12.1. The number of benzene rings is 3. The highest BCUT2D eigenvalue weighted by molar-refractivity contribution is 9.10. The zero-order valence-electron chi connectivity index (χ0n) is 17.5. The van der Waals surface area contributed by atoms with Crippen LogP contribution in [-0.4, -0.2) is 25.8 Å². The first kappa shape index (κ1) is 21.8. The Balaban J connectivity index is 1.62. The molecule has 3 rings (SSSR count). The minimum absolute atomic E-state index is 0.0404. The zero-order valence-corrected chi connectivity index (χ0v) is 19.1. The molecule has 0 bridgehead atoms. The number of carbonyl (C=O) groups excluding carboxylic acids is 1. The molecule has 6 heteroatoms. The number of ether oxygens (including phenoxy) is 2. The van der Waals surface area contributed by atoms with Crippen molar-refractivity contribution in [1.82, 2.24) is 5.43 Å². The molecule has 0 aliphatic rings. The Kier molecular flexibility index (Phi) is 6.77. The van der Waals surface area contributed by atoms with Crippen molar-refractivity contribution in [2.75, 3.05) is 13.7 Å². The normalized spacial score (nSPS) is 11.6. The number of carbonyl (C=O) groups is 1. The summed E-state index contributed by atoms with van der Waals surface area (Å²) in [5.41, 5.74) is 4.61. The van der Waals surface area contributed by atoms with Gasteiger partial charge in [-0.3, -0.25) is 4.79 Å². The van der Waals surface area contributed by atoms with Crippen LogP contribution in [0.5, 0.6) is 11.5 Å². The number of fused-ring (bicyclic) bond motifs is 1. The number of hydrogen-bond acceptors (Lipinski definition) is 4. The Morgan fingerprint density at radius 1 is 1.07 bits per heavy atom. The van der Waals surface area contributed by atoms with Crippen LogP contribution in [0.2, 0.25) is 0 Å². The summed E-state index contributed by atoms with van der Waals surface area (Å²) in [6.07, 6.45) is 1.62. The van der Waals surface area contributed by atoms with Crippen LogP contribution in [0.25, 0.3) is 10.8 Å². The average Bonchev–Trinajstić information content (AvgIpc) is 2.72. The first-order chi connectivity index (χ1) is 14.3. The lowest BCUT2D eigenvalue weighted by molar-refractivity contribution is -0.123. The summed E-state index contributed by atoms with van der Waals surface area (Å²) in [4.78, 5) is 12.1. The van der Waals surface area contributed by atoms with E-state index in [0.29, 0.717) is 5.75 Å². The molecule has 156 valence electrons. The van der Waals surface area contributed by atoms with Crippen LogP contribution < -0.4 is 14.9 Å². The van der Waals surface area contributed by atoms with Crippen LogP contribution in [0.3, 0.4) is 0 Å². The summed E-state index contributed by atoms with van der Waals surface area (Å²) in [6, 6.07) is 17.6. The maximum absolute atomic E-state index is 12.1. The molecule has 1 N–H and O–H groups in total. The zero-order chi connectivity index (χ0) is 21.7. The number of nitrogens with zero attached hydrogens (tertiary/aromatic N) is 1. The summed E-state index contributed by atoms with van der Waals surface area (Å²) >= 11 is 3.51. The summed E-state index contributed by atoms with van der Waals surface area (Å²) < 4.78 is 11.8. The molecule has 0 aliphatic heterocycles. The minimum atomic E-state index is -0.337. The van der Waals surface area contributed by atoms with E-state index in [0.717, 1.165) is 26.6 Å². The van der Waals surface area contributed by atoms with Gasteiger partial charge in [0.2, 0.25) is 0 Å². The molecule has 1 amide bonds. The highest BCUT2D eigenvalue weighted by atomic mass is 79.9. The second-order valence-electron chi connectivity index (χ2n) is 7.88. The molecule has 0 heterocycles. The fourth-order valence-corrected chi connectivity index (χ4v) is 3.51. The van der Waals surface area contributed by atoms with Crippen molar-refractivity contribution in [2.24, 2.45) is 5.10 Å². The molecule has 5 nitrogen and oxygen atoms in total. The van der Waals surface area contributed by atoms with E-state index in [1.165, 1.54) is 5.56 Å². The molecule has 3 aromatic rings. The summed E-state index contributed by atoms with van der Waals surface area (Å²) in [7, 11) is 1.64. The molecule has 0 aliphatic carbocycles. The van der Waals surface area contributed by atoms with Gasteiger partial charge >= 0.3 is 0 Å². The predicted octanol–water partition coefficient (Wildman–Crippen LogP) is 5.44. The van der Waals surface area contributed by atoms with Crippen LogP contribution >= 0.6 is 15.9 Å². The Bertz CT molecular complexity index is 1090. The number of amides is 1. The van der Waals surface area contributed by atoms with Crippen molar-refractivity contribution in [1.29, 1.82) is 0 Å². The van der Waals surface area contributed by atoms with Gasteiger partial charge in [-0.1, -0.05) is 51.1 Å². The molecular formula is C24H25BrN2O3. The fourth-order valence-electron chi connectivity index (χ4n) is 3.02. The number of hydrazone groups is 1. The predicted molar refractivity (Wildman–Crippen MR) is 125 cm³/mol. The Hall–Kier alpha value is -2.86. The average molecular weight is 469 g/mol. The molecule has 0 spiro atoms. The van der Waals surface area contributed by atoms with Gasteiger partial charge in [-0.25, -0.2) is 5.43 Å². The minimum Gasteiger partial charge on any atom is -0.496 e. The van der Waals surface area contributed by atoms with Crippen molar-refractivity contribution < 1.29 is 14.3 Å². The third-order valence-corrected chi connectivity index (χ3v) is 5.31. The second kappa shape index (κ2) is 9.30. The van der Waals surface area contributed by atoms with E-state index in [-0.39, 0.29) is 17.9 Å². The van der Waals surface area contributed by atoms with E-state index < -0.39 is 0 Å². The van der Waals surface area contributed by atoms with Gasteiger partial charge in [-0.05, 0) is 56.6 Å². The number of rotatable bonds is 6. The van der Waals surface area contributed by atoms with E-state index in [4.69, 9.17) is 9.47 Å². The van der Waals surface area contributed by atoms with E-state index in [1.807, 2.05) is 54.6 Å². The van der Waals surface area contributed by atoms with E-state index in [2.05, 4.69) is 47.2 Å². The molecule has 0 unspecified atom stereocenters. The molecular weight excluding hydrogens is 444 g/mol. The monoisotopic (exact) mass is 468 g/mol. The molecule has 0 fully saturated rings. The van der Waals surface area contributed by atoms with E-state index in [1.54, 1.807) is 13.3 Å². The second-order valence-corrected chi connectivity index (χ2v) is 8.73.